The highest BCUT2D eigenvalue weighted by molar-refractivity contribution is 4.68. The Morgan fingerprint density at radius 2 is 1.77 bits per heavy atom. The maximum atomic E-state index is 11.9. The van der Waals surface area contributed by atoms with E-state index in [0.29, 0.717) is 6.42 Å². The predicted octanol–water partition coefficient (Wildman–Crippen LogP) is 1.64. The number of rotatable bonds is 4. The molecule has 0 aliphatic rings. The van der Waals surface area contributed by atoms with Crippen molar-refractivity contribution in [2.24, 2.45) is 0 Å². The second-order valence-corrected chi connectivity index (χ2v) is 3.46. The SMILES string of the molecule is CC(O)CC(C)N(C)CC(F)(F)F. The molecule has 0 aromatic heterocycles. The summed E-state index contributed by atoms with van der Waals surface area (Å²) in [6, 6.07) is -0.262. The summed E-state index contributed by atoms with van der Waals surface area (Å²) in [6.45, 7) is 2.30. The van der Waals surface area contributed by atoms with Gasteiger partial charge in [0.15, 0.2) is 0 Å². The van der Waals surface area contributed by atoms with Crippen LogP contribution in [0.15, 0.2) is 0 Å². The van der Waals surface area contributed by atoms with Crippen molar-refractivity contribution in [3.05, 3.63) is 0 Å². The van der Waals surface area contributed by atoms with Crippen molar-refractivity contribution in [1.29, 1.82) is 0 Å². The molecule has 0 radical (unpaired) electrons. The molecule has 0 bridgehead atoms. The van der Waals surface area contributed by atoms with Gasteiger partial charge in [0, 0.05) is 6.04 Å². The Labute approximate surface area is 76.3 Å². The molecule has 0 fully saturated rings. The van der Waals surface area contributed by atoms with Crippen LogP contribution in [0.1, 0.15) is 20.3 Å². The average Bonchev–Trinajstić information content (AvgIpc) is 1.81. The lowest BCUT2D eigenvalue weighted by atomic mass is 10.1. The van der Waals surface area contributed by atoms with Gasteiger partial charge in [-0.2, -0.15) is 13.2 Å². The minimum Gasteiger partial charge on any atom is -0.393 e. The number of aliphatic hydroxyl groups excluding tert-OH is 1. The van der Waals surface area contributed by atoms with Crippen molar-refractivity contribution in [1.82, 2.24) is 4.90 Å². The molecule has 0 aliphatic carbocycles. The maximum Gasteiger partial charge on any atom is 0.401 e. The third-order valence-electron chi connectivity index (χ3n) is 1.86. The van der Waals surface area contributed by atoms with Crippen molar-refractivity contribution in [2.75, 3.05) is 13.6 Å². The van der Waals surface area contributed by atoms with Gasteiger partial charge in [-0.3, -0.25) is 4.90 Å². The van der Waals surface area contributed by atoms with Crippen LogP contribution in [-0.4, -0.2) is 41.9 Å². The molecular formula is C8H16F3NO. The molecule has 5 heteroatoms. The number of alkyl halides is 3. The van der Waals surface area contributed by atoms with Gasteiger partial charge in [0.05, 0.1) is 12.6 Å². The second kappa shape index (κ2) is 4.81. The first-order valence-corrected chi connectivity index (χ1v) is 4.17. The van der Waals surface area contributed by atoms with E-state index in [-0.39, 0.29) is 6.04 Å². The normalized spacial score (nSPS) is 17.5. The lowest BCUT2D eigenvalue weighted by molar-refractivity contribution is -0.147. The van der Waals surface area contributed by atoms with Crippen LogP contribution in [0, 0.1) is 0 Å². The highest BCUT2D eigenvalue weighted by Crippen LogP contribution is 2.17. The van der Waals surface area contributed by atoms with Crippen molar-refractivity contribution in [3.63, 3.8) is 0 Å². The highest BCUT2D eigenvalue weighted by Gasteiger charge is 2.30. The molecular weight excluding hydrogens is 183 g/mol. The Kier molecular flexibility index (Phi) is 4.70. The zero-order chi connectivity index (χ0) is 10.6. The van der Waals surface area contributed by atoms with Gasteiger partial charge in [0.2, 0.25) is 0 Å². The zero-order valence-corrected chi connectivity index (χ0v) is 8.10. The molecule has 0 spiro atoms. The minimum absolute atomic E-state index is 0.262. The Balaban J connectivity index is 3.89. The topological polar surface area (TPSA) is 23.5 Å². The van der Waals surface area contributed by atoms with E-state index >= 15 is 0 Å². The van der Waals surface area contributed by atoms with Crippen LogP contribution >= 0.6 is 0 Å². The van der Waals surface area contributed by atoms with Crippen LogP contribution in [0.5, 0.6) is 0 Å². The molecule has 0 aromatic rings. The van der Waals surface area contributed by atoms with Crippen LogP contribution in [0.3, 0.4) is 0 Å². The van der Waals surface area contributed by atoms with E-state index in [0.717, 1.165) is 0 Å². The standard InChI is InChI=1S/C8H16F3NO/c1-6(4-7(2)13)12(3)5-8(9,10)11/h6-7,13H,4-5H2,1-3H3. The first-order chi connectivity index (χ1) is 5.72. The number of aliphatic hydroxyl groups is 1. The molecule has 0 saturated heterocycles. The quantitative estimate of drug-likeness (QED) is 0.744. The predicted molar refractivity (Wildman–Crippen MR) is 44.4 cm³/mol. The lowest BCUT2D eigenvalue weighted by Crippen LogP contribution is -2.38. The summed E-state index contributed by atoms with van der Waals surface area (Å²) in [4.78, 5) is 1.19. The molecule has 0 amide bonds. The van der Waals surface area contributed by atoms with Crippen molar-refractivity contribution in [3.8, 4) is 0 Å². The number of halogens is 3. The molecule has 0 aliphatic heterocycles. The van der Waals surface area contributed by atoms with Gasteiger partial charge in [-0.05, 0) is 27.3 Å². The number of hydrogen-bond donors (Lipinski definition) is 1. The van der Waals surface area contributed by atoms with Gasteiger partial charge in [-0.25, -0.2) is 0 Å². The summed E-state index contributed by atoms with van der Waals surface area (Å²) < 4.78 is 35.7. The number of hydrogen-bond acceptors (Lipinski definition) is 2. The fourth-order valence-electron chi connectivity index (χ4n) is 1.11. The van der Waals surface area contributed by atoms with E-state index in [1.165, 1.54) is 11.9 Å². The molecule has 0 heterocycles. The van der Waals surface area contributed by atoms with Crippen LogP contribution in [0.25, 0.3) is 0 Å². The fraction of sp³-hybridized carbons (Fsp3) is 1.00. The van der Waals surface area contributed by atoms with Crippen LogP contribution in [0.2, 0.25) is 0 Å². The van der Waals surface area contributed by atoms with E-state index < -0.39 is 18.8 Å². The molecule has 1 N–H and O–H groups in total. The van der Waals surface area contributed by atoms with Crippen molar-refractivity contribution < 1.29 is 18.3 Å². The van der Waals surface area contributed by atoms with Crippen LogP contribution in [0.4, 0.5) is 13.2 Å². The van der Waals surface area contributed by atoms with Gasteiger partial charge in [0.25, 0.3) is 0 Å². The summed E-state index contributed by atoms with van der Waals surface area (Å²) in [5.74, 6) is 0. The fourth-order valence-corrected chi connectivity index (χ4v) is 1.11. The lowest BCUT2D eigenvalue weighted by Gasteiger charge is -2.26. The third kappa shape index (κ3) is 6.83. The van der Waals surface area contributed by atoms with Gasteiger partial charge in [-0.15, -0.1) is 0 Å². The van der Waals surface area contributed by atoms with E-state index in [4.69, 9.17) is 5.11 Å². The average molecular weight is 199 g/mol. The largest absolute Gasteiger partial charge is 0.401 e. The van der Waals surface area contributed by atoms with E-state index in [9.17, 15) is 13.2 Å². The molecule has 13 heavy (non-hydrogen) atoms. The summed E-state index contributed by atoms with van der Waals surface area (Å²) in [7, 11) is 1.40. The van der Waals surface area contributed by atoms with Crippen LogP contribution in [-0.2, 0) is 0 Å². The summed E-state index contributed by atoms with van der Waals surface area (Å²) >= 11 is 0. The van der Waals surface area contributed by atoms with E-state index in [1.54, 1.807) is 13.8 Å². The highest BCUT2D eigenvalue weighted by atomic mass is 19.4. The molecule has 0 rings (SSSR count). The van der Waals surface area contributed by atoms with Crippen molar-refractivity contribution >= 4 is 0 Å². The molecule has 2 atom stereocenters. The zero-order valence-electron chi connectivity index (χ0n) is 8.10. The Hall–Kier alpha value is -0.290. The first-order valence-electron chi connectivity index (χ1n) is 4.17. The third-order valence-corrected chi connectivity index (χ3v) is 1.86. The molecule has 0 saturated carbocycles. The van der Waals surface area contributed by atoms with E-state index in [1.807, 2.05) is 0 Å². The van der Waals surface area contributed by atoms with Crippen molar-refractivity contribution in [2.45, 2.75) is 38.6 Å². The Morgan fingerprint density at radius 1 is 1.31 bits per heavy atom. The van der Waals surface area contributed by atoms with E-state index in [2.05, 4.69) is 0 Å². The Bertz CT molecular complexity index is 147. The number of nitrogens with zero attached hydrogens (tertiary/aromatic N) is 1. The first kappa shape index (κ1) is 12.7. The summed E-state index contributed by atoms with van der Waals surface area (Å²) in [5, 5.41) is 8.96. The molecule has 2 unspecified atom stereocenters. The van der Waals surface area contributed by atoms with Crippen LogP contribution < -0.4 is 0 Å². The summed E-state index contributed by atoms with van der Waals surface area (Å²) in [6.07, 6.45) is -4.38. The van der Waals surface area contributed by atoms with Gasteiger partial charge in [0.1, 0.15) is 0 Å². The maximum absolute atomic E-state index is 11.9. The molecule has 0 aromatic carbocycles. The van der Waals surface area contributed by atoms with Gasteiger partial charge >= 0.3 is 6.18 Å². The summed E-state index contributed by atoms with van der Waals surface area (Å²) in [5.41, 5.74) is 0. The molecule has 2 nitrogen and oxygen atoms in total. The minimum atomic E-state index is -4.16. The smallest absolute Gasteiger partial charge is 0.393 e. The Morgan fingerprint density at radius 3 is 2.08 bits per heavy atom. The molecule has 80 valence electrons. The van der Waals surface area contributed by atoms with Gasteiger partial charge in [-0.1, -0.05) is 0 Å². The second-order valence-electron chi connectivity index (χ2n) is 3.46. The monoisotopic (exact) mass is 199 g/mol. The van der Waals surface area contributed by atoms with Gasteiger partial charge < -0.3 is 5.11 Å².